The Hall–Kier alpha value is -4.52. The van der Waals surface area contributed by atoms with Crippen LogP contribution in [0.2, 0.25) is 0 Å². The molecule has 2 N–H and O–H groups in total. The summed E-state index contributed by atoms with van der Waals surface area (Å²) in [4.78, 5) is 37.4. The van der Waals surface area contributed by atoms with Gasteiger partial charge in [-0.3, -0.25) is 9.59 Å². The van der Waals surface area contributed by atoms with Crippen LogP contribution in [0.1, 0.15) is 85.7 Å². The fraction of sp³-hybridized carbons (Fsp3) is 0.333. The second-order valence-electron chi connectivity index (χ2n) is 12.6. The maximum Gasteiger partial charge on any atom is 0.255 e. The molecule has 4 aromatic rings. The monoisotopic (exact) mass is 575 g/mol. The van der Waals surface area contributed by atoms with Crippen molar-refractivity contribution in [2.45, 2.75) is 78.3 Å². The standard InChI is InChI=1S/C36H41N5O2/c1-23-9-7-10-24(2)41(23)34(43)27-15-19-29(20-16-27)38-35-37-22-21-32(40-35)30-11-8-12-31(25(30)3)39-33(42)26-13-17-28(18-14-26)36(4,5)6/h8,11-24H,7,9-10H2,1-6H3,(H,39,42)(H,37,38,40). The minimum absolute atomic E-state index is 0.0260. The molecule has 0 spiro atoms. The Morgan fingerprint density at radius 3 is 2.16 bits per heavy atom. The van der Waals surface area contributed by atoms with Gasteiger partial charge in [0.1, 0.15) is 0 Å². The summed E-state index contributed by atoms with van der Waals surface area (Å²) in [6, 6.07) is 23.4. The number of anilines is 3. The number of aromatic nitrogens is 2. The van der Waals surface area contributed by atoms with Gasteiger partial charge in [0.2, 0.25) is 5.95 Å². The lowest BCUT2D eigenvalue weighted by molar-refractivity contribution is 0.0510. The highest BCUT2D eigenvalue weighted by molar-refractivity contribution is 6.05. The van der Waals surface area contributed by atoms with E-state index in [2.05, 4.69) is 50.2 Å². The van der Waals surface area contributed by atoms with Gasteiger partial charge in [-0.1, -0.05) is 45.0 Å². The quantitative estimate of drug-likeness (QED) is 0.242. The van der Waals surface area contributed by atoms with Gasteiger partial charge < -0.3 is 15.5 Å². The normalized spacial score (nSPS) is 16.9. The topological polar surface area (TPSA) is 87.2 Å². The fourth-order valence-corrected chi connectivity index (χ4v) is 5.73. The van der Waals surface area contributed by atoms with E-state index in [9.17, 15) is 9.59 Å². The number of nitrogens with zero attached hydrogens (tertiary/aromatic N) is 3. The van der Waals surface area contributed by atoms with Gasteiger partial charge in [0.15, 0.2) is 0 Å². The van der Waals surface area contributed by atoms with Crippen LogP contribution in [-0.4, -0.2) is 38.8 Å². The number of amides is 2. The van der Waals surface area contributed by atoms with E-state index in [0.717, 1.165) is 41.0 Å². The number of benzene rings is 3. The molecule has 1 fully saturated rings. The molecule has 222 valence electrons. The van der Waals surface area contributed by atoms with Gasteiger partial charge in [-0.25, -0.2) is 9.97 Å². The molecule has 0 saturated carbocycles. The number of carbonyl (C=O) groups excluding carboxylic acids is 2. The first kappa shape index (κ1) is 30.0. The largest absolute Gasteiger partial charge is 0.333 e. The number of nitrogens with one attached hydrogen (secondary N) is 2. The van der Waals surface area contributed by atoms with Crippen molar-refractivity contribution >= 4 is 29.1 Å². The van der Waals surface area contributed by atoms with Crippen molar-refractivity contribution in [3.8, 4) is 11.3 Å². The molecule has 1 aromatic heterocycles. The SMILES string of the molecule is Cc1c(NC(=O)c2ccc(C(C)(C)C)cc2)cccc1-c1ccnc(Nc2ccc(C(=O)N3C(C)CCCC3C)cc2)n1. The van der Waals surface area contributed by atoms with Crippen LogP contribution in [0.3, 0.4) is 0 Å². The van der Waals surface area contributed by atoms with Crippen molar-refractivity contribution in [1.82, 2.24) is 14.9 Å². The molecule has 43 heavy (non-hydrogen) atoms. The second-order valence-corrected chi connectivity index (χ2v) is 12.6. The highest BCUT2D eigenvalue weighted by Crippen LogP contribution is 2.30. The van der Waals surface area contributed by atoms with Crippen LogP contribution in [0.5, 0.6) is 0 Å². The minimum atomic E-state index is -0.156. The van der Waals surface area contributed by atoms with Crippen LogP contribution in [0.25, 0.3) is 11.3 Å². The van der Waals surface area contributed by atoms with Crippen LogP contribution >= 0.6 is 0 Å². The number of piperidine rings is 1. The van der Waals surface area contributed by atoms with Crippen molar-refractivity contribution in [3.63, 3.8) is 0 Å². The molecule has 7 heteroatoms. The first-order valence-electron chi connectivity index (χ1n) is 15.1. The number of likely N-dealkylation sites (tertiary alicyclic amines) is 1. The van der Waals surface area contributed by atoms with E-state index < -0.39 is 0 Å². The molecule has 3 aromatic carbocycles. The number of hydrogen-bond donors (Lipinski definition) is 2. The Balaban J connectivity index is 1.29. The third kappa shape index (κ3) is 6.77. The first-order valence-corrected chi connectivity index (χ1v) is 15.1. The predicted molar refractivity (Wildman–Crippen MR) is 174 cm³/mol. The average Bonchev–Trinajstić information content (AvgIpc) is 2.98. The van der Waals surface area contributed by atoms with Gasteiger partial charge in [0, 0.05) is 46.3 Å². The van der Waals surface area contributed by atoms with Crippen LogP contribution < -0.4 is 10.6 Å². The second kappa shape index (κ2) is 12.4. The Labute approximate surface area is 254 Å². The molecule has 2 unspecified atom stereocenters. The maximum absolute atomic E-state index is 13.2. The molecule has 2 atom stereocenters. The lowest BCUT2D eigenvalue weighted by atomic mass is 9.86. The minimum Gasteiger partial charge on any atom is -0.333 e. The molecule has 0 radical (unpaired) electrons. The molecule has 1 aliphatic rings. The highest BCUT2D eigenvalue weighted by atomic mass is 16.2. The zero-order valence-electron chi connectivity index (χ0n) is 25.9. The fourth-order valence-electron chi connectivity index (χ4n) is 5.73. The molecular weight excluding hydrogens is 534 g/mol. The smallest absolute Gasteiger partial charge is 0.255 e. The zero-order valence-corrected chi connectivity index (χ0v) is 25.9. The zero-order chi connectivity index (χ0) is 30.7. The van der Waals surface area contributed by atoms with E-state index in [1.165, 1.54) is 12.0 Å². The molecule has 2 amide bonds. The summed E-state index contributed by atoms with van der Waals surface area (Å²) in [5.74, 6) is 0.369. The van der Waals surface area contributed by atoms with Gasteiger partial charge in [-0.15, -0.1) is 0 Å². The van der Waals surface area contributed by atoms with Crippen molar-refractivity contribution < 1.29 is 9.59 Å². The summed E-state index contributed by atoms with van der Waals surface area (Å²) in [5, 5.41) is 6.33. The van der Waals surface area contributed by atoms with Gasteiger partial charge >= 0.3 is 0 Å². The van der Waals surface area contributed by atoms with Crippen molar-refractivity contribution in [1.29, 1.82) is 0 Å². The summed E-state index contributed by atoms with van der Waals surface area (Å²) in [6.07, 6.45) is 4.97. The lowest BCUT2D eigenvalue weighted by Gasteiger charge is -2.39. The summed E-state index contributed by atoms with van der Waals surface area (Å²) < 4.78 is 0. The van der Waals surface area contributed by atoms with E-state index in [4.69, 9.17) is 4.98 Å². The third-order valence-electron chi connectivity index (χ3n) is 8.34. The van der Waals surface area contributed by atoms with Gasteiger partial charge in [0.05, 0.1) is 5.69 Å². The van der Waals surface area contributed by atoms with Crippen LogP contribution in [0.4, 0.5) is 17.3 Å². The third-order valence-corrected chi connectivity index (χ3v) is 8.34. The lowest BCUT2D eigenvalue weighted by Crippen LogP contribution is -2.47. The van der Waals surface area contributed by atoms with E-state index in [0.29, 0.717) is 17.1 Å². The molecule has 1 aliphatic heterocycles. The van der Waals surface area contributed by atoms with E-state index in [-0.39, 0.29) is 29.3 Å². The summed E-state index contributed by atoms with van der Waals surface area (Å²) >= 11 is 0. The summed E-state index contributed by atoms with van der Waals surface area (Å²) in [7, 11) is 0. The molecular formula is C36H41N5O2. The van der Waals surface area contributed by atoms with E-state index in [1.807, 2.05) is 84.6 Å². The van der Waals surface area contributed by atoms with Gasteiger partial charge in [-0.05, 0) is 105 Å². The van der Waals surface area contributed by atoms with Crippen molar-refractivity contribution in [2.75, 3.05) is 10.6 Å². The molecule has 7 nitrogen and oxygen atoms in total. The number of carbonyl (C=O) groups is 2. The molecule has 2 heterocycles. The van der Waals surface area contributed by atoms with E-state index >= 15 is 0 Å². The highest BCUT2D eigenvalue weighted by Gasteiger charge is 2.29. The number of hydrogen-bond acceptors (Lipinski definition) is 5. The molecule has 1 saturated heterocycles. The van der Waals surface area contributed by atoms with E-state index in [1.54, 1.807) is 6.20 Å². The van der Waals surface area contributed by atoms with Gasteiger partial charge in [-0.2, -0.15) is 0 Å². The molecule has 0 bridgehead atoms. The van der Waals surface area contributed by atoms with Crippen LogP contribution in [-0.2, 0) is 5.41 Å². The Morgan fingerprint density at radius 2 is 1.51 bits per heavy atom. The summed E-state index contributed by atoms with van der Waals surface area (Å²) in [6.45, 7) is 12.7. The van der Waals surface area contributed by atoms with Crippen LogP contribution in [0.15, 0.2) is 79.0 Å². The molecule has 5 rings (SSSR count). The van der Waals surface area contributed by atoms with Crippen LogP contribution in [0, 0.1) is 6.92 Å². The molecule has 0 aliphatic carbocycles. The van der Waals surface area contributed by atoms with Gasteiger partial charge in [0.25, 0.3) is 11.8 Å². The summed E-state index contributed by atoms with van der Waals surface area (Å²) in [5.41, 5.74) is 6.57. The van der Waals surface area contributed by atoms with Crippen molar-refractivity contribution in [2.24, 2.45) is 0 Å². The Bertz CT molecular complexity index is 1600. The van der Waals surface area contributed by atoms with Crippen molar-refractivity contribution in [3.05, 3.63) is 101 Å². The maximum atomic E-state index is 13.2. The average molecular weight is 576 g/mol. The Kier molecular flexibility index (Phi) is 8.62. The Morgan fingerprint density at radius 1 is 0.860 bits per heavy atom. The first-order chi connectivity index (χ1) is 20.5. The predicted octanol–water partition coefficient (Wildman–Crippen LogP) is 8.15. The number of rotatable bonds is 6.